The molecule has 1 saturated carbocycles. The van der Waals surface area contributed by atoms with Gasteiger partial charge in [0.05, 0.1) is 0 Å². The molecule has 78 valence electrons. The van der Waals surface area contributed by atoms with Gasteiger partial charge in [0.25, 0.3) is 0 Å². The van der Waals surface area contributed by atoms with Crippen molar-refractivity contribution in [3.8, 4) is 0 Å². The molecule has 3 nitrogen and oxygen atoms in total. The minimum Gasteiger partial charge on any atom is -0.333 e. The SMILES string of the molecule is Cc1nccn1CC1(N)CC1C(C)C. The molecule has 0 bridgehead atoms. The fourth-order valence-corrected chi connectivity index (χ4v) is 2.32. The number of aromatic nitrogens is 2. The summed E-state index contributed by atoms with van der Waals surface area (Å²) in [5, 5.41) is 0. The van der Waals surface area contributed by atoms with E-state index in [1.54, 1.807) is 0 Å². The molecule has 0 amide bonds. The highest BCUT2D eigenvalue weighted by Gasteiger charge is 2.52. The third-order valence-electron chi connectivity index (χ3n) is 3.37. The van der Waals surface area contributed by atoms with Crippen LogP contribution in [0.25, 0.3) is 0 Å². The van der Waals surface area contributed by atoms with Crippen molar-refractivity contribution in [2.24, 2.45) is 17.6 Å². The Kier molecular flexibility index (Phi) is 2.14. The van der Waals surface area contributed by atoms with Crippen LogP contribution >= 0.6 is 0 Å². The molecule has 1 aliphatic rings. The van der Waals surface area contributed by atoms with E-state index in [0.29, 0.717) is 11.8 Å². The van der Waals surface area contributed by atoms with Gasteiger partial charge in [0.1, 0.15) is 5.82 Å². The summed E-state index contributed by atoms with van der Waals surface area (Å²) in [6.07, 6.45) is 5.01. The third kappa shape index (κ3) is 1.57. The van der Waals surface area contributed by atoms with Gasteiger partial charge in [-0.1, -0.05) is 13.8 Å². The lowest BCUT2D eigenvalue weighted by atomic mass is 10.0. The zero-order valence-electron chi connectivity index (χ0n) is 9.20. The number of imidazole rings is 1. The van der Waals surface area contributed by atoms with E-state index >= 15 is 0 Å². The van der Waals surface area contributed by atoms with Crippen LogP contribution in [0.4, 0.5) is 0 Å². The maximum Gasteiger partial charge on any atom is 0.105 e. The van der Waals surface area contributed by atoms with Crippen LogP contribution in [0.3, 0.4) is 0 Å². The van der Waals surface area contributed by atoms with Crippen molar-refractivity contribution in [3.05, 3.63) is 18.2 Å². The Morgan fingerprint density at radius 1 is 1.71 bits per heavy atom. The van der Waals surface area contributed by atoms with Gasteiger partial charge < -0.3 is 10.3 Å². The van der Waals surface area contributed by atoms with Crippen molar-refractivity contribution in [3.63, 3.8) is 0 Å². The van der Waals surface area contributed by atoms with E-state index in [4.69, 9.17) is 5.73 Å². The summed E-state index contributed by atoms with van der Waals surface area (Å²) in [5.41, 5.74) is 6.33. The maximum absolute atomic E-state index is 6.30. The van der Waals surface area contributed by atoms with Gasteiger partial charge in [-0.2, -0.15) is 0 Å². The molecular weight excluding hydrogens is 174 g/mol. The first-order valence-corrected chi connectivity index (χ1v) is 5.29. The second-order valence-corrected chi connectivity index (χ2v) is 4.89. The van der Waals surface area contributed by atoms with Crippen LogP contribution in [-0.2, 0) is 6.54 Å². The summed E-state index contributed by atoms with van der Waals surface area (Å²) in [4.78, 5) is 4.21. The number of nitrogens with zero attached hydrogens (tertiary/aromatic N) is 2. The molecule has 2 atom stereocenters. The van der Waals surface area contributed by atoms with Crippen LogP contribution in [0.1, 0.15) is 26.1 Å². The van der Waals surface area contributed by atoms with E-state index in [1.807, 2.05) is 19.3 Å². The Bertz CT molecular complexity index is 329. The molecule has 0 radical (unpaired) electrons. The van der Waals surface area contributed by atoms with E-state index in [1.165, 1.54) is 0 Å². The Morgan fingerprint density at radius 2 is 2.43 bits per heavy atom. The van der Waals surface area contributed by atoms with Crippen LogP contribution in [0, 0.1) is 18.8 Å². The van der Waals surface area contributed by atoms with Crippen molar-refractivity contribution in [2.75, 3.05) is 0 Å². The summed E-state index contributed by atoms with van der Waals surface area (Å²) in [5.74, 6) is 2.44. The van der Waals surface area contributed by atoms with E-state index in [9.17, 15) is 0 Å². The molecule has 0 saturated heterocycles. The molecule has 0 spiro atoms. The minimum absolute atomic E-state index is 0.0274. The van der Waals surface area contributed by atoms with Crippen LogP contribution < -0.4 is 5.73 Å². The summed E-state index contributed by atoms with van der Waals surface area (Å²) >= 11 is 0. The van der Waals surface area contributed by atoms with Gasteiger partial charge >= 0.3 is 0 Å². The van der Waals surface area contributed by atoms with Crippen LogP contribution in [0.15, 0.2) is 12.4 Å². The average molecular weight is 193 g/mol. The van der Waals surface area contributed by atoms with Crippen LogP contribution in [0.2, 0.25) is 0 Å². The first-order chi connectivity index (χ1) is 6.53. The lowest BCUT2D eigenvalue weighted by molar-refractivity contribution is 0.430. The number of hydrogen-bond acceptors (Lipinski definition) is 2. The quantitative estimate of drug-likeness (QED) is 0.791. The molecule has 3 heteroatoms. The summed E-state index contributed by atoms with van der Waals surface area (Å²) in [6, 6.07) is 0. The Morgan fingerprint density at radius 3 is 2.86 bits per heavy atom. The van der Waals surface area contributed by atoms with Crippen molar-refractivity contribution >= 4 is 0 Å². The third-order valence-corrected chi connectivity index (χ3v) is 3.37. The van der Waals surface area contributed by atoms with Gasteiger partial charge in [-0.25, -0.2) is 4.98 Å². The maximum atomic E-state index is 6.30. The molecule has 1 heterocycles. The predicted octanol–water partition coefficient (Wildman–Crippen LogP) is 1.56. The Hall–Kier alpha value is -0.830. The van der Waals surface area contributed by atoms with Crippen LogP contribution in [-0.4, -0.2) is 15.1 Å². The van der Waals surface area contributed by atoms with Gasteiger partial charge in [0.15, 0.2) is 0 Å². The molecule has 0 aromatic carbocycles. The van der Waals surface area contributed by atoms with Crippen molar-refractivity contribution in [1.82, 2.24) is 9.55 Å². The molecule has 2 unspecified atom stereocenters. The molecule has 1 aliphatic carbocycles. The fraction of sp³-hybridized carbons (Fsp3) is 0.727. The van der Waals surface area contributed by atoms with E-state index in [-0.39, 0.29) is 5.54 Å². The second kappa shape index (κ2) is 3.09. The van der Waals surface area contributed by atoms with Crippen molar-refractivity contribution in [2.45, 2.75) is 39.3 Å². The number of hydrogen-bond donors (Lipinski definition) is 1. The Balaban J connectivity index is 2.04. The summed E-state index contributed by atoms with van der Waals surface area (Å²) < 4.78 is 2.16. The highest BCUT2D eigenvalue weighted by atomic mass is 15.1. The molecule has 1 aromatic heterocycles. The molecule has 14 heavy (non-hydrogen) atoms. The molecule has 0 aliphatic heterocycles. The standard InChI is InChI=1S/C11H19N3/c1-8(2)10-6-11(10,12)7-14-5-4-13-9(14)3/h4-5,8,10H,6-7,12H2,1-3H3. The van der Waals surface area contributed by atoms with Crippen molar-refractivity contribution < 1.29 is 0 Å². The lowest BCUT2D eigenvalue weighted by Crippen LogP contribution is -2.32. The van der Waals surface area contributed by atoms with Gasteiger partial charge in [0, 0.05) is 24.5 Å². The number of nitrogens with two attached hydrogens (primary N) is 1. The van der Waals surface area contributed by atoms with E-state index in [0.717, 1.165) is 18.8 Å². The molecule has 1 aromatic rings. The van der Waals surface area contributed by atoms with E-state index < -0.39 is 0 Å². The normalized spacial score (nSPS) is 31.1. The van der Waals surface area contributed by atoms with Gasteiger partial charge in [-0.3, -0.25) is 0 Å². The largest absolute Gasteiger partial charge is 0.333 e. The number of rotatable bonds is 3. The Labute approximate surface area is 85.3 Å². The highest BCUT2D eigenvalue weighted by molar-refractivity contribution is 5.10. The first kappa shape index (κ1) is 9.71. The topological polar surface area (TPSA) is 43.8 Å². The fourth-order valence-electron chi connectivity index (χ4n) is 2.32. The van der Waals surface area contributed by atoms with Crippen LogP contribution in [0.5, 0.6) is 0 Å². The van der Waals surface area contributed by atoms with Gasteiger partial charge in [-0.15, -0.1) is 0 Å². The smallest absolute Gasteiger partial charge is 0.105 e. The molecule has 2 N–H and O–H groups in total. The molecule has 2 rings (SSSR count). The van der Waals surface area contributed by atoms with E-state index in [2.05, 4.69) is 23.4 Å². The lowest BCUT2D eigenvalue weighted by Gasteiger charge is -2.15. The summed E-state index contributed by atoms with van der Waals surface area (Å²) in [6.45, 7) is 7.44. The monoisotopic (exact) mass is 193 g/mol. The minimum atomic E-state index is 0.0274. The number of aryl methyl sites for hydroxylation is 1. The van der Waals surface area contributed by atoms with Gasteiger partial charge in [-0.05, 0) is 25.2 Å². The van der Waals surface area contributed by atoms with Gasteiger partial charge in [0.2, 0.25) is 0 Å². The van der Waals surface area contributed by atoms with Crippen molar-refractivity contribution in [1.29, 1.82) is 0 Å². The highest BCUT2D eigenvalue weighted by Crippen LogP contribution is 2.47. The molecule has 1 fully saturated rings. The first-order valence-electron chi connectivity index (χ1n) is 5.29. The summed E-state index contributed by atoms with van der Waals surface area (Å²) in [7, 11) is 0. The molecular formula is C11H19N3. The second-order valence-electron chi connectivity index (χ2n) is 4.89. The average Bonchev–Trinajstić information content (AvgIpc) is 2.61. The predicted molar refractivity (Wildman–Crippen MR) is 56.8 cm³/mol. The zero-order chi connectivity index (χ0) is 10.3. The zero-order valence-corrected chi connectivity index (χ0v) is 9.20.